The number of nitrogens with zero attached hydrogens (tertiary/aromatic N) is 3. The Labute approximate surface area is 96.5 Å². The Morgan fingerprint density at radius 3 is 2.41 bits per heavy atom. The molecular formula is C9H11N5O3. The SMILES string of the molecule is NN=N[C@H](C(=O)ON)[C@H](N=O)c1ccccc1. The minimum absolute atomic E-state index is 0.491. The molecule has 17 heavy (non-hydrogen) atoms. The van der Waals surface area contributed by atoms with Crippen LogP contribution >= 0.6 is 0 Å². The molecule has 0 aromatic heterocycles. The van der Waals surface area contributed by atoms with Crippen molar-refractivity contribution in [3.63, 3.8) is 0 Å². The maximum absolute atomic E-state index is 11.3. The van der Waals surface area contributed by atoms with E-state index in [1.807, 2.05) is 0 Å². The van der Waals surface area contributed by atoms with Gasteiger partial charge in [-0.15, -0.1) is 0 Å². The summed E-state index contributed by atoms with van der Waals surface area (Å²) in [5.41, 5.74) is 0.491. The Bertz CT molecular complexity index is 408. The highest BCUT2D eigenvalue weighted by Gasteiger charge is 2.32. The highest BCUT2D eigenvalue weighted by Crippen LogP contribution is 2.24. The molecule has 0 aliphatic carbocycles. The Balaban J connectivity index is 3.06. The van der Waals surface area contributed by atoms with Crippen molar-refractivity contribution in [2.75, 3.05) is 0 Å². The highest BCUT2D eigenvalue weighted by molar-refractivity contribution is 5.76. The van der Waals surface area contributed by atoms with E-state index in [1.165, 1.54) is 0 Å². The second-order valence-corrected chi connectivity index (χ2v) is 3.07. The zero-order valence-electron chi connectivity index (χ0n) is 8.76. The van der Waals surface area contributed by atoms with Crippen molar-refractivity contribution >= 4 is 5.97 Å². The summed E-state index contributed by atoms with van der Waals surface area (Å²) in [5.74, 6) is 8.66. The summed E-state index contributed by atoms with van der Waals surface area (Å²) in [5, 5.41) is 9.20. The molecule has 1 rings (SSSR count). The third-order valence-corrected chi connectivity index (χ3v) is 2.10. The first-order chi connectivity index (χ1) is 8.24. The zero-order valence-corrected chi connectivity index (χ0v) is 8.76. The van der Waals surface area contributed by atoms with Crippen molar-refractivity contribution < 1.29 is 9.63 Å². The molecule has 8 heteroatoms. The average Bonchev–Trinajstić information content (AvgIpc) is 2.39. The minimum Gasteiger partial charge on any atom is -0.372 e. The van der Waals surface area contributed by atoms with Crippen LogP contribution in [0, 0.1) is 4.91 Å². The number of nitrogens with two attached hydrogens (primary N) is 2. The summed E-state index contributed by atoms with van der Waals surface area (Å²) in [6, 6.07) is 6.01. The first kappa shape index (κ1) is 12.7. The van der Waals surface area contributed by atoms with Gasteiger partial charge in [0.1, 0.15) is 0 Å². The quantitative estimate of drug-likeness (QED) is 0.335. The van der Waals surface area contributed by atoms with Crippen LogP contribution in [0.4, 0.5) is 0 Å². The van der Waals surface area contributed by atoms with E-state index in [0.717, 1.165) is 0 Å². The largest absolute Gasteiger partial charge is 0.372 e. The number of nitroso groups, excluding NO2 is 1. The molecule has 8 nitrogen and oxygen atoms in total. The van der Waals surface area contributed by atoms with Gasteiger partial charge in [-0.3, -0.25) is 0 Å². The van der Waals surface area contributed by atoms with Gasteiger partial charge in [-0.05, 0) is 5.56 Å². The average molecular weight is 237 g/mol. The Hall–Kier alpha value is -2.35. The van der Waals surface area contributed by atoms with Crippen LogP contribution in [0.2, 0.25) is 0 Å². The molecule has 4 N–H and O–H groups in total. The third kappa shape index (κ3) is 3.05. The van der Waals surface area contributed by atoms with E-state index in [2.05, 4.69) is 20.4 Å². The van der Waals surface area contributed by atoms with E-state index in [4.69, 9.17) is 11.7 Å². The van der Waals surface area contributed by atoms with Crippen molar-refractivity contribution in [3.05, 3.63) is 40.8 Å². The van der Waals surface area contributed by atoms with Crippen LogP contribution in [-0.2, 0) is 9.63 Å². The fourth-order valence-corrected chi connectivity index (χ4v) is 1.33. The maximum Gasteiger partial charge on any atom is 0.354 e. The Morgan fingerprint density at radius 2 is 1.94 bits per heavy atom. The first-order valence-corrected chi connectivity index (χ1v) is 4.62. The van der Waals surface area contributed by atoms with Gasteiger partial charge >= 0.3 is 5.97 Å². The standard InChI is InChI=1S/C9H11N5O3/c10-14-12-8(9(15)17-11)7(13-16)6-4-2-1-3-5-6/h1-5,7-8H,11H2,(H2,10,12)/t7-,8+/m1/s1. The van der Waals surface area contributed by atoms with Crippen molar-refractivity contribution in [1.29, 1.82) is 0 Å². The smallest absolute Gasteiger partial charge is 0.354 e. The topological polar surface area (TPSA) is 132 Å². The van der Waals surface area contributed by atoms with Gasteiger partial charge < -0.3 is 10.7 Å². The van der Waals surface area contributed by atoms with E-state index in [0.29, 0.717) is 5.56 Å². The van der Waals surface area contributed by atoms with Crippen LogP contribution < -0.4 is 11.7 Å². The molecule has 0 radical (unpaired) electrons. The fraction of sp³-hybridized carbons (Fsp3) is 0.222. The molecule has 2 atom stereocenters. The molecule has 0 heterocycles. The number of rotatable bonds is 5. The lowest BCUT2D eigenvalue weighted by molar-refractivity contribution is -0.146. The van der Waals surface area contributed by atoms with Crippen molar-refractivity contribution in [3.8, 4) is 0 Å². The van der Waals surface area contributed by atoms with Gasteiger partial charge in [0.25, 0.3) is 0 Å². The molecule has 0 aliphatic heterocycles. The van der Waals surface area contributed by atoms with Crippen molar-refractivity contribution in [1.82, 2.24) is 0 Å². The minimum atomic E-state index is -1.29. The van der Waals surface area contributed by atoms with E-state index in [1.54, 1.807) is 30.3 Å². The molecule has 1 aromatic carbocycles. The number of carbonyl (C=O) groups excluding carboxylic acids is 1. The van der Waals surface area contributed by atoms with Crippen LogP contribution in [-0.4, -0.2) is 12.0 Å². The molecule has 0 saturated carbocycles. The van der Waals surface area contributed by atoms with E-state index in [9.17, 15) is 9.70 Å². The number of benzene rings is 1. The van der Waals surface area contributed by atoms with Crippen LogP contribution in [0.25, 0.3) is 0 Å². The van der Waals surface area contributed by atoms with Crippen molar-refractivity contribution in [2.24, 2.45) is 27.3 Å². The number of carbonyl (C=O) groups is 1. The summed E-state index contributed by atoms with van der Waals surface area (Å²) >= 11 is 0. The Kier molecular flexibility index (Phi) is 4.70. The van der Waals surface area contributed by atoms with Gasteiger partial charge in [-0.25, -0.2) is 4.79 Å². The lowest BCUT2D eigenvalue weighted by Crippen LogP contribution is -2.29. The van der Waals surface area contributed by atoms with Crippen LogP contribution in [0.3, 0.4) is 0 Å². The van der Waals surface area contributed by atoms with Gasteiger partial charge in [0.05, 0.1) is 0 Å². The normalized spacial score (nSPS) is 14.2. The lowest BCUT2D eigenvalue weighted by Gasteiger charge is -2.14. The lowest BCUT2D eigenvalue weighted by atomic mass is 10.0. The molecule has 0 spiro atoms. The van der Waals surface area contributed by atoms with Gasteiger partial charge in [0, 0.05) is 0 Å². The molecule has 0 unspecified atom stereocenters. The van der Waals surface area contributed by atoms with Crippen LogP contribution in [0.1, 0.15) is 11.6 Å². The predicted molar refractivity (Wildman–Crippen MR) is 58.1 cm³/mol. The molecule has 1 aromatic rings. The molecular weight excluding hydrogens is 226 g/mol. The molecule has 0 amide bonds. The molecule has 0 aliphatic rings. The van der Waals surface area contributed by atoms with Gasteiger partial charge in [0.15, 0.2) is 6.04 Å². The molecule has 0 saturated heterocycles. The van der Waals surface area contributed by atoms with Crippen molar-refractivity contribution in [2.45, 2.75) is 12.1 Å². The number of hydrogen-bond donors (Lipinski definition) is 2. The summed E-state index contributed by atoms with van der Waals surface area (Å²) in [4.78, 5) is 26.1. The maximum atomic E-state index is 11.3. The number of hydrogen-bond acceptors (Lipinski definition) is 7. The molecule has 0 bridgehead atoms. The summed E-state index contributed by atoms with van der Waals surface area (Å²) in [6.07, 6.45) is 0. The van der Waals surface area contributed by atoms with Gasteiger partial charge in [0.2, 0.25) is 6.04 Å². The van der Waals surface area contributed by atoms with Crippen LogP contribution in [0.5, 0.6) is 0 Å². The fourth-order valence-electron chi connectivity index (χ4n) is 1.33. The monoisotopic (exact) mass is 237 g/mol. The van der Waals surface area contributed by atoms with E-state index in [-0.39, 0.29) is 0 Å². The first-order valence-electron chi connectivity index (χ1n) is 4.62. The third-order valence-electron chi connectivity index (χ3n) is 2.10. The second-order valence-electron chi connectivity index (χ2n) is 3.07. The second kappa shape index (κ2) is 6.28. The Morgan fingerprint density at radius 1 is 1.29 bits per heavy atom. The van der Waals surface area contributed by atoms with Gasteiger partial charge in [-0.1, -0.05) is 40.7 Å². The van der Waals surface area contributed by atoms with E-state index >= 15 is 0 Å². The molecule has 90 valence electrons. The van der Waals surface area contributed by atoms with Crippen LogP contribution in [0.15, 0.2) is 45.8 Å². The highest BCUT2D eigenvalue weighted by atomic mass is 16.7. The van der Waals surface area contributed by atoms with Gasteiger partial charge in [-0.2, -0.15) is 15.9 Å². The zero-order chi connectivity index (χ0) is 12.7. The van der Waals surface area contributed by atoms with E-state index < -0.39 is 18.1 Å². The molecule has 0 fully saturated rings. The summed E-state index contributed by atoms with van der Waals surface area (Å²) in [7, 11) is 0. The predicted octanol–water partition coefficient (Wildman–Crippen LogP) is 0.605. The summed E-state index contributed by atoms with van der Waals surface area (Å²) in [6.45, 7) is 0. The summed E-state index contributed by atoms with van der Waals surface area (Å²) < 4.78 is 0.